The van der Waals surface area contributed by atoms with Gasteiger partial charge in [-0.2, -0.15) is 0 Å². The van der Waals surface area contributed by atoms with E-state index in [9.17, 15) is 0 Å². The number of ether oxygens (including phenoxy) is 1. The number of rotatable bonds is 7. The molecular weight excluding hydrogens is 190 g/mol. The van der Waals surface area contributed by atoms with E-state index in [4.69, 9.17) is 9.84 Å². The van der Waals surface area contributed by atoms with E-state index in [-0.39, 0.29) is 0 Å². The van der Waals surface area contributed by atoms with Crippen LogP contribution in [0.1, 0.15) is 39.0 Å². The van der Waals surface area contributed by atoms with Gasteiger partial charge >= 0.3 is 0 Å². The zero-order chi connectivity index (χ0) is 10.9. The van der Waals surface area contributed by atoms with Crippen LogP contribution in [-0.2, 0) is 4.74 Å². The number of unbranched alkanes of at least 4 members (excludes halogenated alkanes) is 2. The van der Waals surface area contributed by atoms with Gasteiger partial charge in [-0.25, -0.2) is 0 Å². The van der Waals surface area contributed by atoms with E-state index in [0.29, 0.717) is 12.7 Å². The number of nitrogens with zero attached hydrogens (tertiary/aromatic N) is 1. The molecule has 0 bridgehead atoms. The third kappa shape index (κ3) is 5.50. The Balaban J connectivity index is 2.07. The topological polar surface area (TPSA) is 32.7 Å². The number of aliphatic hydroxyl groups is 1. The monoisotopic (exact) mass is 215 g/mol. The van der Waals surface area contributed by atoms with Crippen LogP contribution in [0.5, 0.6) is 0 Å². The zero-order valence-corrected chi connectivity index (χ0v) is 9.95. The second-order valence-corrected chi connectivity index (χ2v) is 4.30. The molecule has 0 saturated carbocycles. The molecule has 0 spiro atoms. The lowest BCUT2D eigenvalue weighted by molar-refractivity contribution is 0.00552. The third-order valence-corrected chi connectivity index (χ3v) is 3.00. The van der Waals surface area contributed by atoms with Crippen LogP contribution in [0.4, 0.5) is 0 Å². The second-order valence-electron chi connectivity index (χ2n) is 4.30. The summed E-state index contributed by atoms with van der Waals surface area (Å²) in [5, 5.41) is 8.68. The van der Waals surface area contributed by atoms with Gasteiger partial charge in [-0.1, -0.05) is 0 Å². The van der Waals surface area contributed by atoms with Crippen molar-refractivity contribution >= 4 is 0 Å². The largest absolute Gasteiger partial charge is 0.396 e. The van der Waals surface area contributed by atoms with Crippen LogP contribution in [0.2, 0.25) is 0 Å². The van der Waals surface area contributed by atoms with Crippen LogP contribution in [0.15, 0.2) is 0 Å². The summed E-state index contributed by atoms with van der Waals surface area (Å²) in [4.78, 5) is 2.50. The fourth-order valence-electron chi connectivity index (χ4n) is 2.21. The molecule has 1 saturated heterocycles. The van der Waals surface area contributed by atoms with Gasteiger partial charge < -0.3 is 14.7 Å². The fourth-order valence-corrected chi connectivity index (χ4v) is 2.21. The molecule has 1 rings (SSSR count). The molecule has 3 heteroatoms. The highest BCUT2D eigenvalue weighted by atomic mass is 16.5. The smallest absolute Gasteiger partial charge is 0.0702 e. The van der Waals surface area contributed by atoms with E-state index in [2.05, 4.69) is 11.8 Å². The minimum Gasteiger partial charge on any atom is -0.396 e. The number of piperidine rings is 1. The van der Waals surface area contributed by atoms with Gasteiger partial charge in [0.2, 0.25) is 0 Å². The molecule has 1 aliphatic heterocycles. The maximum absolute atomic E-state index is 8.68. The summed E-state index contributed by atoms with van der Waals surface area (Å²) in [5.41, 5.74) is 0. The second kappa shape index (κ2) is 8.08. The molecule has 1 N–H and O–H groups in total. The van der Waals surface area contributed by atoms with Gasteiger partial charge in [-0.15, -0.1) is 0 Å². The van der Waals surface area contributed by atoms with E-state index >= 15 is 0 Å². The first-order valence-corrected chi connectivity index (χ1v) is 6.31. The molecule has 0 radical (unpaired) electrons. The molecule has 3 nitrogen and oxygen atoms in total. The lowest BCUT2D eigenvalue weighted by Crippen LogP contribution is -2.40. The van der Waals surface area contributed by atoms with E-state index in [0.717, 1.165) is 26.0 Å². The molecule has 1 fully saturated rings. The van der Waals surface area contributed by atoms with Gasteiger partial charge in [0.25, 0.3) is 0 Å². The molecule has 0 amide bonds. The number of hydrogen-bond donors (Lipinski definition) is 1. The normalized spacial score (nSPS) is 23.2. The summed E-state index contributed by atoms with van der Waals surface area (Å²) in [6.45, 7) is 6.74. The van der Waals surface area contributed by atoms with Crippen molar-refractivity contribution in [2.45, 2.75) is 45.1 Å². The van der Waals surface area contributed by atoms with Gasteiger partial charge in [-0.3, -0.25) is 0 Å². The van der Waals surface area contributed by atoms with Crippen LogP contribution in [0.3, 0.4) is 0 Å². The summed E-state index contributed by atoms with van der Waals surface area (Å²) in [5.74, 6) is 0. The standard InChI is InChI=1S/C12H25NO2/c1-2-15-12-7-6-9-13(11-12)8-4-3-5-10-14/h12,14H,2-11H2,1H3. The maximum Gasteiger partial charge on any atom is 0.0702 e. The van der Waals surface area contributed by atoms with E-state index in [1.165, 1.54) is 32.4 Å². The molecule has 90 valence electrons. The van der Waals surface area contributed by atoms with Crippen LogP contribution in [0, 0.1) is 0 Å². The molecule has 0 aliphatic carbocycles. The predicted octanol–water partition coefficient (Wildman–Crippen LogP) is 1.65. The van der Waals surface area contributed by atoms with Crippen molar-refractivity contribution in [2.24, 2.45) is 0 Å². The van der Waals surface area contributed by atoms with E-state index in [1.807, 2.05) is 0 Å². The van der Waals surface area contributed by atoms with Crippen LogP contribution in [0.25, 0.3) is 0 Å². The Morgan fingerprint density at radius 2 is 2.20 bits per heavy atom. The quantitative estimate of drug-likeness (QED) is 0.655. The highest BCUT2D eigenvalue weighted by molar-refractivity contribution is 4.73. The molecule has 15 heavy (non-hydrogen) atoms. The Labute approximate surface area is 93.4 Å². The average Bonchev–Trinajstić information content (AvgIpc) is 2.26. The summed E-state index contributed by atoms with van der Waals surface area (Å²) >= 11 is 0. The Morgan fingerprint density at radius 3 is 2.93 bits per heavy atom. The molecule has 1 aliphatic rings. The van der Waals surface area contributed by atoms with E-state index in [1.54, 1.807) is 0 Å². The zero-order valence-electron chi connectivity index (χ0n) is 9.95. The Morgan fingerprint density at radius 1 is 1.33 bits per heavy atom. The van der Waals surface area contributed by atoms with Gasteiger partial charge in [-0.05, 0) is 52.1 Å². The summed E-state index contributed by atoms with van der Waals surface area (Å²) in [6, 6.07) is 0. The SMILES string of the molecule is CCOC1CCCN(CCCCCO)C1. The molecule has 1 atom stereocenters. The number of hydrogen-bond acceptors (Lipinski definition) is 3. The Bertz CT molecular complexity index is 151. The number of likely N-dealkylation sites (tertiary alicyclic amines) is 1. The fraction of sp³-hybridized carbons (Fsp3) is 1.00. The third-order valence-electron chi connectivity index (χ3n) is 3.00. The Hall–Kier alpha value is -0.120. The van der Waals surface area contributed by atoms with Gasteiger partial charge in [0.1, 0.15) is 0 Å². The minimum atomic E-state index is 0.335. The first kappa shape index (κ1) is 12.9. The van der Waals surface area contributed by atoms with Crippen molar-refractivity contribution in [3.63, 3.8) is 0 Å². The summed E-state index contributed by atoms with van der Waals surface area (Å²) in [6.07, 6.45) is 6.25. The van der Waals surface area contributed by atoms with Crippen molar-refractivity contribution in [1.82, 2.24) is 4.90 Å². The van der Waals surface area contributed by atoms with Crippen molar-refractivity contribution < 1.29 is 9.84 Å². The first-order valence-electron chi connectivity index (χ1n) is 6.31. The van der Waals surface area contributed by atoms with Crippen LogP contribution in [-0.4, -0.2) is 49.0 Å². The van der Waals surface area contributed by atoms with Crippen molar-refractivity contribution in [1.29, 1.82) is 0 Å². The maximum atomic E-state index is 8.68. The summed E-state index contributed by atoms with van der Waals surface area (Å²) < 4.78 is 5.66. The molecule has 0 aromatic rings. The molecule has 1 heterocycles. The molecular formula is C12H25NO2. The van der Waals surface area contributed by atoms with Gasteiger partial charge in [0.15, 0.2) is 0 Å². The average molecular weight is 215 g/mol. The number of aliphatic hydroxyl groups excluding tert-OH is 1. The highest BCUT2D eigenvalue weighted by Gasteiger charge is 2.18. The van der Waals surface area contributed by atoms with Gasteiger partial charge in [0.05, 0.1) is 6.10 Å². The van der Waals surface area contributed by atoms with Gasteiger partial charge in [0, 0.05) is 19.8 Å². The van der Waals surface area contributed by atoms with Crippen molar-refractivity contribution in [3.8, 4) is 0 Å². The lowest BCUT2D eigenvalue weighted by Gasteiger charge is -2.32. The molecule has 0 aromatic carbocycles. The van der Waals surface area contributed by atoms with Crippen LogP contribution >= 0.6 is 0 Å². The minimum absolute atomic E-state index is 0.335. The highest BCUT2D eigenvalue weighted by Crippen LogP contribution is 2.13. The predicted molar refractivity (Wildman–Crippen MR) is 62.0 cm³/mol. The van der Waals surface area contributed by atoms with Crippen molar-refractivity contribution in [3.05, 3.63) is 0 Å². The molecule has 0 aromatic heterocycles. The molecule has 1 unspecified atom stereocenters. The lowest BCUT2D eigenvalue weighted by atomic mass is 10.1. The van der Waals surface area contributed by atoms with Crippen molar-refractivity contribution in [2.75, 3.05) is 32.8 Å². The van der Waals surface area contributed by atoms with E-state index < -0.39 is 0 Å². The Kier molecular flexibility index (Phi) is 6.98. The first-order chi connectivity index (χ1) is 7.36. The summed E-state index contributed by atoms with van der Waals surface area (Å²) in [7, 11) is 0. The van der Waals surface area contributed by atoms with Crippen LogP contribution < -0.4 is 0 Å².